The number of fused-ring (bicyclic) bond motifs is 1. The summed E-state index contributed by atoms with van der Waals surface area (Å²) in [6, 6.07) is 5.52. The summed E-state index contributed by atoms with van der Waals surface area (Å²) in [7, 11) is 0. The van der Waals surface area contributed by atoms with Gasteiger partial charge < -0.3 is 4.74 Å². The number of dihydropyridines is 2. The molecule has 0 aromatic carbocycles. The van der Waals surface area contributed by atoms with Crippen LogP contribution in [0.1, 0.15) is 19.5 Å². The molecule has 1 saturated heterocycles. The maximum atomic E-state index is 11.8. The van der Waals surface area contributed by atoms with Crippen LogP contribution in [0.5, 0.6) is 5.75 Å². The SMILES string of the molecule is CC1=CC2N=CC(CN3C[C@H](Oc4ccc(C#N)nc4)[C@H]3C)=CC2=NC1=O. The van der Waals surface area contributed by atoms with E-state index >= 15 is 0 Å². The molecule has 1 aromatic rings. The zero-order valence-corrected chi connectivity index (χ0v) is 15.2. The molecule has 1 fully saturated rings. The molecule has 1 amide bonds. The quantitative estimate of drug-likeness (QED) is 0.814. The maximum absolute atomic E-state index is 11.8. The van der Waals surface area contributed by atoms with Crippen LogP contribution in [0, 0.1) is 11.3 Å². The van der Waals surface area contributed by atoms with Gasteiger partial charge in [-0.15, -0.1) is 0 Å². The number of rotatable bonds is 4. The molecule has 7 heteroatoms. The van der Waals surface area contributed by atoms with Crippen LogP contribution in [0.25, 0.3) is 0 Å². The summed E-state index contributed by atoms with van der Waals surface area (Å²) in [5.41, 5.74) is 2.77. The second-order valence-corrected chi connectivity index (χ2v) is 6.95. The number of ether oxygens (including phenoxy) is 1. The van der Waals surface area contributed by atoms with Crippen molar-refractivity contribution >= 4 is 17.8 Å². The van der Waals surface area contributed by atoms with Crippen molar-refractivity contribution in [3.63, 3.8) is 0 Å². The van der Waals surface area contributed by atoms with E-state index < -0.39 is 0 Å². The van der Waals surface area contributed by atoms with Crippen LogP contribution in [0.4, 0.5) is 0 Å². The molecule has 3 aliphatic heterocycles. The fraction of sp³-hybridized carbons (Fsp3) is 0.350. The first-order chi connectivity index (χ1) is 13.0. The van der Waals surface area contributed by atoms with E-state index in [9.17, 15) is 4.79 Å². The number of hydrogen-bond donors (Lipinski definition) is 0. The first-order valence-electron chi connectivity index (χ1n) is 8.85. The Morgan fingerprint density at radius 1 is 1.41 bits per heavy atom. The Balaban J connectivity index is 1.35. The fourth-order valence-corrected chi connectivity index (χ4v) is 3.31. The van der Waals surface area contributed by atoms with Gasteiger partial charge in [-0.2, -0.15) is 5.26 Å². The van der Waals surface area contributed by atoms with Crippen molar-refractivity contribution in [3.8, 4) is 11.8 Å². The molecular weight excluding hydrogens is 342 g/mol. The van der Waals surface area contributed by atoms with E-state index in [2.05, 4.69) is 26.8 Å². The standard InChI is InChI=1S/C20H19N5O2/c1-12-5-17-18(24-20(12)26)6-14(8-23-17)10-25-11-19(13(25)2)27-16-4-3-15(7-21)22-9-16/h3-6,8-9,13,17,19H,10-11H2,1-2H3/t13-,17?,19+/m1/s1. The van der Waals surface area contributed by atoms with Gasteiger partial charge in [-0.25, -0.2) is 9.98 Å². The van der Waals surface area contributed by atoms with Gasteiger partial charge in [-0.05, 0) is 43.7 Å². The number of carbonyl (C=O) groups is 1. The lowest BCUT2D eigenvalue weighted by Crippen LogP contribution is -2.61. The third-order valence-electron chi connectivity index (χ3n) is 5.07. The largest absolute Gasteiger partial charge is 0.486 e. The highest BCUT2D eigenvalue weighted by atomic mass is 16.5. The van der Waals surface area contributed by atoms with Crippen molar-refractivity contribution < 1.29 is 9.53 Å². The van der Waals surface area contributed by atoms with Gasteiger partial charge in [0.2, 0.25) is 0 Å². The van der Waals surface area contributed by atoms with Gasteiger partial charge >= 0.3 is 0 Å². The molecule has 136 valence electrons. The molecule has 1 unspecified atom stereocenters. The number of hydrogen-bond acceptors (Lipinski definition) is 6. The van der Waals surface area contributed by atoms with Gasteiger partial charge in [0.1, 0.15) is 29.7 Å². The molecule has 0 saturated carbocycles. The van der Waals surface area contributed by atoms with Crippen molar-refractivity contribution in [2.24, 2.45) is 9.98 Å². The molecule has 0 N–H and O–H groups in total. The Morgan fingerprint density at radius 2 is 2.26 bits per heavy atom. The number of nitriles is 1. The second-order valence-electron chi connectivity index (χ2n) is 6.95. The summed E-state index contributed by atoms with van der Waals surface area (Å²) in [4.78, 5) is 26.7. The first-order valence-corrected chi connectivity index (χ1v) is 8.85. The predicted octanol–water partition coefficient (Wildman–Crippen LogP) is 1.71. The minimum atomic E-state index is -0.184. The smallest absolute Gasteiger partial charge is 0.272 e. The second kappa shape index (κ2) is 6.89. The van der Waals surface area contributed by atoms with Gasteiger partial charge in [0.15, 0.2) is 0 Å². The van der Waals surface area contributed by atoms with E-state index in [0.717, 1.165) is 18.7 Å². The van der Waals surface area contributed by atoms with Gasteiger partial charge in [0.05, 0.1) is 11.9 Å². The monoisotopic (exact) mass is 361 g/mol. The topological polar surface area (TPSA) is 90.9 Å². The van der Waals surface area contributed by atoms with Crippen LogP contribution >= 0.6 is 0 Å². The van der Waals surface area contributed by atoms with Crippen molar-refractivity contribution in [2.75, 3.05) is 13.1 Å². The minimum absolute atomic E-state index is 0.0767. The average Bonchev–Trinajstić information content (AvgIpc) is 2.68. The molecular formula is C20H19N5O2. The van der Waals surface area contributed by atoms with Crippen LogP contribution in [0.2, 0.25) is 0 Å². The molecule has 0 bridgehead atoms. The molecule has 0 spiro atoms. The Labute approximate surface area is 157 Å². The highest BCUT2D eigenvalue weighted by Crippen LogP contribution is 2.25. The lowest BCUT2D eigenvalue weighted by Gasteiger charge is -2.46. The zero-order chi connectivity index (χ0) is 19.0. The molecule has 4 heterocycles. The Morgan fingerprint density at radius 3 is 2.96 bits per heavy atom. The van der Waals surface area contributed by atoms with Crippen LogP contribution in [-0.2, 0) is 4.79 Å². The maximum Gasteiger partial charge on any atom is 0.272 e. The number of amides is 1. The highest BCUT2D eigenvalue weighted by molar-refractivity contribution is 6.16. The minimum Gasteiger partial charge on any atom is -0.486 e. The Kier molecular flexibility index (Phi) is 4.42. The highest BCUT2D eigenvalue weighted by Gasteiger charge is 2.37. The van der Waals surface area contributed by atoms with Gasteiger partial charge in [-0.1, -0.05) is 0 Å². The number of carbonyl (C=O) groups excluding carboxylic acids is 1. The van der Waals surface area contributed by atoms with E-state index in [1.165, 1.54) is 0 Å². The van der Waals surface area contributed by atoms with Crippen LogP contribution < -0.4 is 4.74 Å². The first kappa shape index (κ1) is 17.3. The number of pyridine rings is 1. The summed E-state index contributed by atoms with van der Waals surface area (Å²) in [6.07, 6.45) is 7.35. The predicted molar refractivity (Wildman–Crippen MR) is 101 cm³/mol. The van der Waals surface area contributed by atoms with Gasteiger partial charge in [-0.3, -0.25) is 14.7 Å². The number of nitrogens with zero attached hydrogens (tertiary/aromatic N) is 5. The third kappa shape index (κ3) is 3.44. The average molecular weight is 361 g/mol. The van der Waals surface area contributed by atoms with Crippen molar-refractivity contribution in [1.29, 1.82) is 5.26 Å². The number of aromatic nitrogens is 1. The molecule has 1 aromatic heterocycles. The van der Waals surface area contributed by atoms with Gasteiger partial charge in [0.25, 0.3) is 5.91 Å². The normalized spacial score (nSPS) is 26.9. The molecule has 0 aliphatic carbocycles. The summed E-state index contributed by atoms with van der Waals surface area (Å²) < 4.78 is 5.95. The molecule has 7 nitrogen and oxygen atoms in total. The van der Waals surface area contributed by atoms with E-state index in [-0.39, 0.29) is 24.1 Å². The van der Waals surface area contributed by atoms with Gasteiger partial charge in [0, 0.05) is 30.9 Å². The van der Waals surface area contributed by atoms with E-state index in [0.29, 0.717) is 22.7 Å². The summed E-state index contributed by atoms with van der Waals surface area (Å²) in [5, 5.41) is 8.79. The fourth-order valence-electron chi connectivity index (χ4n) is 3.31. The van der Waals surface area contributed by atoms with Crippen molar-refractivity contribution in [2.45, 2.75) is 32.0 Å². The van der Waals surface area contributed by atoms with E-state index in [1.807, 2.05) is 24.4 Å². The molecule has 3 atom stereocenters. The van der Waals surface area contributed by atoms with E-state index in [1.54, 1.807) is 25.3 Å². The lowest BCUT2D eigenvalue weighted by molar-refractivity contribution is -0.114. The lowest BCUT2D eigenvalue weighted by atomic mass is 9.97. The zero-order valence-electron chi connectivity index (χ0n) is 15.2. The van der Waals surface area contributed by atoms with Crippen molar-refractivity contribution in [3.05, 3.63) is 47.3 Å². The third-order valence-corrected chi connectivity index (χ3v) is 5.07. The summed E-state index contributed by atoms with van der Waals surface area (Å²) >= 11 is 0. The molecule has 27 heavy (non-hydrogen) atoms. The van der Waals surface area contributed by atoms with E-state index in [4.69, 9.17) is 10.00 Å². The molecule has 4 rings (SSSR count). The summed E-state index contributed by atoms with van der Waals surface area (Å²) in [5.74, 6) is 0.486. The molecule has 0 radical (unpaired) electrons. The Bertz CT molecular complexity index is 936. The van der Waals surface area contributed by atoms with Crippen LogP contribution in [-0.4, -0.2) is 59.0 Å². The van der Waals surface area contributed by atoms with Crippen LogP contribution in [0.3, 0.4) is 0 Å². The van der Waals surface area contributed by atoms with Crippen LogP contribution in [0.15, 0.2) is 51.6 Å². The van der Waals surface area contributed by atoms with Crippen molar-refractivity contribution in [1.82, 2.24) is 9.88 Å². The Hall–Kier alpha value is -3.11. The number of likely N-dealkylation sites (tertiary alicyclic amines) is 1. The molecule has 3 aliphatic rings. The summed E-state index contributed by atoms with van der Waals surface area (Å²) in [6.45, 7) is 5.41. The number of aliphatic imine (C=N–C) groups is 2.